The Balaban J connectivity index is 1.97. The first-order valence-electron chi connectivity index (χ1n) is 8.79. The van der Waals surface area contributed by atoms with Crippen LogP contribution in [0.3, 0.4) is 0 Å². The summed E-state index contributed by atoms with van der Waals surface area (Å²) >= 11 is 0. The number of carbonyl (C=O) groups excluding carboxylic acids is 2. The van der Waals surface area contributed by atoms with Crippen molar-refractivity contribution in [3.63, 3.8) is 0 Å². The standard InChI is InChI=1S/C19H17F3N4O4/c1-30-18(29)12-9-14-11(10-26(25-14)6-3-7-27)8-15(12)24-17(28)13-4-2-5-16(23-13)19(20,21)22/h2,4-5,8-10,27H,3,6-7H2,1H3,(H,24,28). The largest absolute Gasteiger partial charge is 0.465 e. The summed E-state index contributed by atoms with van der Waals surface area (Å²) in [7, 11) is 1.16. The number of hydrogen-bond acceptors (Lipinski definition) is 6. The molecule has 0 saturated carbocycles. The highest BCUT2D eigenvalue weighted by molar-refractivity contribution is 6.09. The van der Waals surface area contributed by atoms with Crippen LogP contribution < -0.4 is 5.32 Å². The summed E-state index contributed by atoms with van der Waals surface area (Å²) in [6, 6.07) is 5.83. The van der Waals surface area contributed by atoms with Gasteiger partial charge < -0.3 is 15.2 Å². The number of hydrogen-bond donors (Lipinski definition) is 2. The van der Waals surface area contributed by atoms with Gasteiger partial charge in [0, 0.05) is 24.7 Å². The number of benzene rings is 1. The van der Waals surface area contributed by atoms with Crippen LogP contribution in [0, 0.1) is 0 Å². The number of rotatable bonds is 6. The van der Waals surface area contributed by atoms with Gasteiger partial charge in [-0.1, -0.05) is 6.07 Å². The average Bonchev–Trinajstić information content (AvgIpc) is 3.12. The van der Waals surface area contributed by atoms with Crippen LogP contribution in [0.5, 0.6) is 0 Å². The van der Waals surface area contributed by atoms with Crippen LogP contribution >= 0.6 is 0 Å². The third kappa shape index (κ3) is 4.57. The van der Waals surface area contributed by atoms with E-state index in [4.69, 9.17) is 9.84 Å². The molecular weight excluding hydrogens is 405 g/mol. The molecule has 30 heavy (non-hydrogen) atoms. The van der Waals surface area contributed by atoms with E-state index in [1.54, 1.807) is 10.9 Å². The highest BCUT2D eigenvalue weighted by atomic mass is 19.4. The normalized spacial score (nSPS) is 11.5. The van der Waals surface area contributed by atoms with E-state index in [9.17, 15) is 22.8 Å². The molecule has 1 aromatic carbocycles. The number of aliphatic hydroxyl groups excluding tert-OH is 1. The van der Waals surface area contributed by atoms with Gasteiger partial charge in [0.1, 0.15) is 11.4 Å². The Hall–Kier alpha value is -3.47. The van der Waals surface area contributed by atoms with Gasteiger partial charge >= 0.3 is 12.1 Å². The molecule has 0 spiro atoms. The number of methoxy groups -OCH3 is 1. The second-order valence-corrected chi connectivity index (χ2v) is 6.28. The molecule has 3 rings (SSSR count). The van der Waals surface area contributed by atoms with Crippen molar-refractivity contribution in [3.05, 3.63) is 53.5 Å². The molecule has 8 nitrogen and oxygen atoms in total. The van der Waals surface area contributed by atoms with Crippen LogP contribution in [-0.2, 0) is 17.5 Å². The molecule has 0 fully saturated rings. The van der Waals surface area contributed by atoms with Gasteiger partial charge in [-0.05, 0) is 30.7 Å². The van der Waals surface area contributed by atoms with Gasteiger partial charge in [-0.15, -0.1) is 0 Å². The molecule has 11 heteroatoms. The zero-order valence-electron chi connectivity index (χ0n) is 15.7. The van der Waals surface area contributed by atoms with Crippen LogP contribution in [0.4, 0.5) is 18.9 Å². The summed E-state index contributed by atoms with van der Waals surface area (Å²) in [5.41, 5.74) is -1.19. The van der Waals surface area contributed by atoms with E-state index in [0.717, 1.165) is 25.3 Å². The monoisotopic (exact) mass is 422 g/mol. The van der Waals surface area contributed by atoms with Gasteiger partial charge in [0.2, 0.25) is 0 Å². The Labute approximate surface area is 168 Å². The summed E-state index contributed by atoms with van der Waals surface area (Å²) in [6.45, 7) is 0.420. The predicted molar refractivity (Wildman–Crippen MR) is 100.0 cm³/mol. The van der Waals surface area contributed by atoms with E-state index < -0.39 is 29.4 Å². The van der Waals surface area contributed by atoms with E-state index in [1.165, 1.54) is 12.1 Å². The van der Waals surface area contributed by atoms with Gasteiger partial charge in [0.05, 0.1) is 23.9 Å². The maximum Gasteiger partial charge on any atom is 0.433 e. The molecule has 0 aliphatic rings. The Morgan fingerprint density at radius 1 is 1.27 bits per heavy atom. The smallest absolute Gasteiger partial charge is 0.433 e. The van der Waals surface area contributed by atoms with Crippen LogP contribution in [0.25, 0.3) is 10.9 Å². The lowest BCUT2D eigenvalue weighted by molar-refractivity contribution is -0.141. The number of halogens is 3. The van der Waals surface area contributed by atoms with Crippen molar-refractivity contribution in [2.75, 3.05) is 19.0 Å². The molecule has 0 atom stereocenters. The number of carbonyl (C=O) groups is 2. The lowest BCUT2D eigenvalue weighted by Gasteiger charge is -2.11. The first kappa shape index (κ1) is 21.2. The molecule has 2 N–H and O–H groups in total. The number of aromatic nitrogens is 3. The van der Waals surface area contributed by atoms with E-state index in [2.05, 4.69) is 15.4 Å². The SMILES string of the molecule is COC(=O)c1cc2nn(CCCO)cc2cc1NC(=O)c1cccc(C(F)(F)F)n1. The molecule has 0 unspecified atom stereocenters. The van der Waals surface area contributed by atoms with E-state index >= 15 is 0 Å². The molecule has 2 heterocycles. The first-order valence-corrected chi connectivity index (χ1v) is 8.79. The zero-order valence-corrected chi connectivity index (χ0v) is 15.7. The van der Waals surface area contributed by atoms with Crippen LogP contribution in [-0.4, -0.2) is 45.5 Å². The zero-order chi connectivity index (χ0) is 21.9. The lowest BCUT2D eigenvalue weighted by Crippen LogP contribution is -2.18. The fraction of sp³-hybridized carbons (Fsp3) is 0.263. The predicted octanol–water partition coefficient (Wildman–Crippen LogP) is 2.87. The number of esters is 1. The highest BCUT2D eigenvalue weighted by Crippen LogP contribution is 2.28. The summed E-state index contributed by atoms with van der Waals surface area (Å²) in [5, 5.41) is 16.2. The topological polar surface area (TPSA) is 106 Å². The number of amides is 1. The number of fused-ring (bicyclic) bond motifs is 1. The maximum absolute atomic E-state index is 12.9. The van der Waals surface area contributed by atoms with Crippen molar-refractivity contribution in [2.45, 2.75) is 19.1 Å². The van der Waals surface area contributed by atoms with Crippen molar-refractivity contribution < 1.29 is 32.6 Å². The number of aryl methyl sites for hydroxylation is 1. The van der Waals surface area contributed by atoms with Crippen molar-refractivity contribution in [1.82, 2.24) is 14.8 Å². The van der Waals surface area contributed by atoms with Crippen molar-refractivity contribution in [1.29, 1.82) is 0 Å². The molecule has 0 radical (unpaired) electrons. The summed E-state index contributed by atoms with van der Waals surface area (Å²) in [5.74, 6) is -1.67. The Bertz CT molecular complexity index is 1100. The molecule has 1 amide bonds. The molecule has 0 aliphatic carbocycles. The second kappa shape index (κ2) is 8.49. The number of pyridine rings is 1. The molecule has 0 bridgehead atoms. The van der Waals surface area contributed by atoms with E-state index in [1.807, 2.05) is 0 Å². The third-order valence-electron chi connectivity index (χ3n) is 4.16. The quantitative estimate of drug-likeness (QED) is 0.592. The summed E-state index contributed by atoms with van der Waals surface area (Å²) < 4.78 is 44.9. The molecule has 2 aromatic heterocycles. The van der Waals surface area contributed by atoms with Gasteiger partial charge in [0.15, 0.2) is 0 Å². The van der Waals surface area contributed by atoms with Crippen molar-refractivity contribution >= 4 is 28.5 Å². The van der Waals surface area contributed by atoms with E-state index in [0.29, 0.717) is 23.9 Å². The number of aliphatic hydroxyl groups is 1. The lowest BCUT2D eigenvalue weighted by atomic mass is 10.1. The molecule has 158 valence electrons. The van der Waals surface area contributed by atoms with Gasteiger partial charge in [-0.25, -0.2) is 9.78 Å². The maximum atomic E-state index is 12.9. The number of nitrogens with one attached hydrogen (secondary N) is 1. The van der Waals surface area contributed by atoms with Crippen molar-refractivity contribution in [3.8, 4) is 0 Å². The van der Waals surface area contributed by atoms with Gasteiger partial charge in [-0.3, -0.25) is 9.48 Å². The van der Waals surface area contributed by atoms with Crippen LogP contribution in [0.2, 0.25) is 0 Å². The Morgan fingerprint density at radius 2 is 2.03 bits per heavy atom. The van der Waals surface area contributed by atoms with Crippen molar-refractivity contribution in [2.24, 2.45) is 0 Å². The molecular formula is C19H17F3N4O4. The minimum Gasteiger partial charge on any atom is -0.465 e. The Morgan fingerprint density at radius 3 is 2.70 bits per heavy atom. The minimum absolute atomic E-state index is 0.0160. The number of nitrogens with zero attached hydrogens (tertiary/aromatic N) is 3. The summed E-state index contributed by atoms with van der Waals surface area (Å²) in [4.78, 5) is 28.0. The number of alkyl halides is 3. The second-order valence-electron chi connectivity index (χ2n) is 6.28. The number of ether oxygens (including phenoxy) is 1. The minimum atomic E-state index is -4.70. The van der Waals surface area contributed by atoms with Gasteiger partial charge in [0.25, 0.3) is 5.91 Å². The number of anilines is 1. The third-order valence-corrected chi connectivity index (χ3v) is 4.16. The highest BCUT2D eigenvalue weighted by Gasteiger charge is 2.33. The fourth-order valence-electron chi connectivity index (χ4n) is 2.76. The first-order chi connectivity index (χ1) is 14.2. The molecule has 0 aliphatic heterocycles. The summed E-state index contributed by atoms with van der Waals surface area (Å²) in [6.07, 6.45) is -2.57. The average molecular weight is 422 g/mol. The fourth-order valence-corrected chi connectivity index (χ4v) is 2.76. The van der Waals surface area contributed by atoms with Gasteiger partial charge in [-0.2, -0.15) is 18.3 Å². The molecule has 3 aromatic rings. The van der Waals surface area contributed by atoms with Crippen LogP contribution in [0.1, 0.15) is 33.0 Å². The van der Waals surface area contributed by atoms with E-state index in [-0.39, 0.29) is 17.9 Å². The Kier molecular flexibility index (Phi) is 6.01. The van der Waals surface area contributed by atoms with Crippen LogP contribution in [0.15, 0.2) is 36.5 Å². The molecule has 0 saturated heterocycles.